The summed E-state index contributed by atoms with van der Waals surface area (Å²) in [6.45, 7) is 6.01. The summed E-state index contributed by atoms with van der Waals surface area (Å²) in [7, 11) is 0. The van der Waals surface area contributed by atoms with Gasteiger partial charge in [0.1, 0.15) is 5.75 Å². The molecule has 2 aromatic rings. The number of benzene rings is 2. The van der Waals surface area contributed by atoms with Gasteiger partial charge in [-0.3, -0.25) is 9.59 Å². The Labute approximate surface area is 154 Å². The van der Waals surface area contributed by atoms with E-state index in [1.807, 2.05) is 38.1 Å². The molecule has 5 heteroatoms. The van der Waals surface area contributed by atoms with Crippen molar-refractivity contribution < 1.29 is 14.3 Å². The topological polar surface area (TPSA) is 67.4 Å². The predicted molar refractivity (Wildman–Crippen MR) is 104 cm³/mol. The van der Waals surface area contributed by atoms with E-state index in [0.717, 1.165) is 12.0 Å². The molecule has 0 saturated carbocycles. The van der Waals surface area contributed by atoms with Crippen LogP contribution in [0, 0.1) is 5.92 Å². The van der Waals surface area contributed by atoms with Crippen molar-refractivity contribution in [2.45, 2.75) is 33.6 Å². The molecule has 0 bridgehead atoms. The monoisotopic (exact) mass is 354 g/mol. The van der Waals surface area contributed by atoms with Gasteiger partial charge in [-0.15, -0.1) is 0 Å². The van der Waals surface area contributed by atoms with Crippen LogP contribution in [0.4, 0.5) is 11.4 Å². The summed E-state index contributed by atoms with van der Waals surface area (Å²) in [5.74, 6) is 0.747. The van der Waals surface area contributed by atoms with Gasteiger partial charge in [0.15, 0.2) is 6.61 Å². The van der Waals surface area contributed by atoms with Gasteiger partial charge in [0.25, 0.3) is 5.91 Å². The van der Waals surface area contributed by atoms with Crippen LogP contribution in [0.5, 0.6) is 5.75 Å². The molecule has 5 nitrogen and oxygen atoms in total. The van der Waals surface area contributed by atoms with E-state index in [4.69, 9.17) is 4.74 Å². The second-order valence-corrected chi connectivity index (χ2v) is 6.56. The van der Waals surface area contributed by atoms with Crippen molar-refractivity contribution in [3.8, 4) is 5.75 Å². The highest BCUT2D eigenvalue weighted by Crippen LogP contribution is 2.16. The predicted octanol–water partition coefficient (Wildman–Crippen LogP) is 4.25. The molecule has 0 aliphatic rings. The fourth-order valence-electron chi connectivity index (χ4n) is 2.42. The van der Waals surface area contributed by atoms with Crippen molar-refractivity contribution >= 4 is 23.2 Å². The van der Waals surface area contributed by atoms with Crippen molar-refractivity contribution in [1.29, 1.82) is 0 Å². The molecule has 0 aliphatic heterocycles. The molecular weight excluding hydrogens is 328 g/mol. The minimum Gasteiger partial charge on any atom is -0.484 e. The number of nitrogens with one attached hydrogen (secondary N) is 2. The van der Waals surface area contributed by atoms with Gasteiger partial charge in [-0.05, 0) is 54.3 Å². The van der Waals surface area contributed by atoms with E-state index in [2.05, 4.69) is 17.6 Å². The molecule has 2 rings (SSSR count). The van der Waals surface area contributed by atoms with Crippen molar-refractivity contribution in [1.82, 2.24) is 0 Å². The Balaban J connectivity index is 1.82. The Morgan fingerprint density at radius 3 is 2.15 bits per heavy atom. The first kappa shape index (κ1) is 19.5. The normalized spacial score (nSPS) is 10.5. The quantitative estimate of drug-likeness (QED) is 0.745. The Hall–Kier alpha value is -2.82. The lowest BCUT2D eigenvalue weighted by molar-refractivity contribution is -0.118. The average molecular weight is 354 g/mol. The second-order valence-electron chi connectivity index (χ2n) is 6.56. The lowest BCUT2D eigenvalue weighted by Gasteiger charge is -2.10. The summed E-state index contributed by atoms with van der Waals surface area (Å²) in [5.41, 5.74) is 2.53. The van der Waals surface area contributed by atoms with Crippen LogP contribution >= 0.6 is 0 Å². The maximum absolute atomic E-state index is 12.0. The summed E-state index contributed by atoms with van der Waals surface area (Å²) in [4.78, 5) is 23.8. The molecule has 0 atom stereocenters. The lowest BCUT2D eigenvalue weighted by atomic mass is 10.1. The number of amides is 2. The third-order valence-corrected chi connectivity index (χ3v) is 3.72. The van der Waals surface area contributed by atoms with Crippen molar-refractivity contribution in [2.75, 3.05) is 17.2 Å². The molecule has 2 aromatic carbocycles. The Kier molecular flexibility index (Phi) is 7.21. The summed E-state index contributed by atoms with van der Waals surface area (Å²) < 4.78 is 5.53. The molecule has 2 N–H and O–H groups in total. The van der Waals surface area contributed by atoms with Gasteiger partial charge in [0, 0.05) is 17.8 Å². The van der Waals surface area contributed by atoms with Crippen molar-refractivity contribution in [2.24, 2.45) is 5.92 Å². The van der Waals surface area contributed by atoms with E-state index in [1.165, 1.54) is 0 Å². The van der Waals surface area contributed by atoms with Gasteiger partial charge in [-0.1, -0.05) is 32.9 Å². The van der Waals surface area contributed by atoms with E-state index in [0.29, 0.717) is 29.5 Å². The number of hydrogen-bond acceptors (Lipinski definition) is 3. The first-order valence-electron chi connectivity index (χ1n) is 8.87. The van der Waals surface area contributed by atoms with Crippen LogP contribution in [0.3, 0.4) is 0 Å². The number of aryl methyl sites for hydroxylation is 1. The van der Waals surface area contributed by atoms with Gasteiger partial charge in [0.05, 0.1) is 0 Å². The molecule has 0 aliphatic carbocycles. The summed E-state index contributed by atoms with van der Waals surface area (Å²) >= 11 is 0. The SMILES string of the molecule is CCc1cccc(OCC(=O)Nc2ccc(NC(=O)CC(C)C)cc2)c1. The highest BCUT2D eigenvalue weighted by Gasteiger charge is 2.07. The minimum absolute atomic E-state index is 0.0144. The van der Waals surface area contributed by atoms with Gasteiger partial charge in [0.2, 0.25) is 5.91 Å². The first-order valence-corrected chi connectivity index (χ1v) is 8.87. The number of carbonyl (C=O) groups is 2. The zero-order chi connectivity index (χ0) is 18.9. The molecule has 26 heavy (non-hydrogen) atoms. The fourth-order valence-corrected chi connectivity index (χ4v) is 2.42. The van der Waals surface area contributed by atoms with Gasteiger partial charge >= 0.3 is 0 Å². The largest absolute Gasteiger partial charge is 0.484 e. The lowest BCUT2D eigenvalue weighted by Crippen LogP contribution is -2.20. The molecule has 0 unspecified atom stereocenters. The summed E-state index contributed by atoms with van der Waals surface area (Å²) in [6, 6.07) is 14.7. The Morgan fingerprint density at radius 2 is 1.58 bits per heavy atom. The number of ether oxygens (including phenoxy) is 1. The molecule has 138 valence electrons. The van der Waals surface area contributed by atoms with E-state index in [1.54, 1.807) is 24.3 Å². The van der Waals surface area contributed by atoms with Gasteiger partial charge in [-0.25, -0.2) is 0 Å². The molecule has 0 saturated heterocycles. The molecule has 0 radical (unpaired) electrons. The van der Waals surface area contributed by atoms with Crippen LogP contribution in [0.25, 0.3) is 0 Å². The minimum atomic E-state index is -0.233. The van der Waals surface area contributed by atoms with Crippen molar-refractivity contribution in [3.05, 3.63) is 54.1 Å². The van der Waals surface area contributed by atoms with E-state index in [-0.39, 0.29) is 18.4 Å². The molecule has 2 amide bonds. The van der Waals surface area contributed by atoms with Crippen molar-refractivity contribution in [3.63, 3.8) is 0 Å². The number of hydrogen-bond donors (Lipinski definition) is 2. The first-order chi connectivity index (χ1) is 12.5. The highest BCUT2D eigenvalue weighted by molar-refractivity contribution is 5.93. The Morgan fingerprint density at radius 1 is 0.962 bits per heavy atom. The third-order valence-electron chi connectivity index (χ3n) is 3.72. The number of anilines is 2. The van der Waals surface area contributed by atoms with Crippen LogP contribution < -0.4 is 15.4 Å². The third kappa shape index (κ3) is 6.59. The van der Waals surface area contributed by atoms with Gasteiger partial charge in [-0.2, -0.15) is 0 Å². The molecular formula is C21H26N2O3. The molecule has 0 spiro atoms. The Bertz CT molecular complexity index is 739. The number of carbonyl (C=O) groups excluding carboxylic acids is 2. The second kappa shape index (κ2) is 9.61. The fraction of sp³-hybridized carbons (Fsp3) is 0.333. The maximum atomic E-state index is 12.0. The molecule has 0 fully saturated rings. The van der Waals surface area contributed by atoms with Gasteiger partial charge < -0.3 is 15.4 Å². The standard InChI is InChI=1S/C21H26N2O3/c1-4-16-6-5-7-19(13-16)26-14-21(25)23-18-10-8-17(9-11-18)22-20(24)12-15(2)3/h5-11,13,15H,4,12,14H2,1-3H3,(H,22,24)(H,23,25). The highest BCUT2D eigenvalue weighted by atomic mass is 16.5. The van der Waals surface area contributed by atoms with E-state index in [9.17, 15) is 9.59 Å². The molecule has 0 aromatic heterocycles. The molecule has 0 heterocycles. The summed E-state index contributed by atoms with van der Waals surface area (Å²) in [6.07, 6.45) is 1.40. The zero-order valence-electron chi connectivity index (χ0n) is 15.5. The smallest absolute Gasteiger partial charge is 0.262 e. The maximum Gasteiger partial charge on any atom is 0.262 e. The van der Waals surface area contributed by atoms with Crippen LogP contribution in [-0.2, 0) is 16.0 Å². The zero-order valence-corrected chi connectivity index (χ0v) is 15.5. The van der Waals surface area contributed by atoms with E-state index < -0.39 is 0 Å². The average Bonchev–Trinajstić information content (AvgIpc) is 2.61. The van der Waals surface area contributed by atoms with E-state index >= 15 is 0 Å². The van der Waals surface area contributed by atoms with Crippen LogP contribution in [-0.4, -0.2) is 18.4 Å². The van der Waals surface area contributed by atoms with Crippen LogP contribution in [0.1, 0.15) is 32.8 Å². The number of rotatable bonds is 8. The van der Waals surface area contributed by atoms with Crippen LogP contribution in [0.2, 0.25) is 0 Å². The summed E-state index contributed by atoms with van der Waals surface area (Å²) in [5, 5.41) is 5.61. The van der Waals surface area contributed by atoms with Crippen LogP contribution in [0.15, 0.2) is 48.5 Å².